The third-order valence-electron chi connectivity index (χ3n) is 7.11. The summed E-state index contributed by atoms with van der Waals surface area (Å²) in [6.45, 7) is 10.4. The van der Waals surface area contributed by atoms with Crippen molar-refractivity contribution < 1.29 is 13.2 Å². The van der Waals surface area contributed by atoms with Crippen molar-refractivity contribution in [1.29, 1.82) is 0 Å². The third-order valence-corrected chi connectivity index (χ3v) is 7.11. The van der Waals surface area contributed by atoms with Crippen molar-refractivity contribution >= 4 is 5.69 Å². The van der Waals surface area contributed by atoms with Gasteiger partial charge in [0.1, 0.15) is 0 Å². The first kappa shape index (κ1) is 24.0. The molecule has 5 nitrogen and oxygen atoms in total. The maximum Gasteiger partial charge on any atom is 0.451 e. The van der Waals surface area contributed by atoms with Crippen LogP contribution in [0.4, 0.5) is 18.9 Å². The first-order valence-corrected chi connectivity index (χ1v) is 12.0. The van der Waals surface area contributed by atoms with Crippen LogP contribution in [0, 0.1) is 5.92 Å². The van der Waals surface area contributed by atoms with E-state index in [0.717, 1.165) is 45.2 Å². The molecule has 2 atom stereocenters. The zero-order valence-corrected chi connectivity index (χ0v) is 19.5. The summed E-state index contributed by atoms with van der Waals surface area (Å²) in [7, 11) is 0. The van der Waals surface area contributed by atoms with Crippen LogP contribution >= 0.6 is 0 Å². The molecule has 0 aliphatic carbocycles. The largest absolute Gasteiger partial charge is 0.451 e. The van der Waals surface area contributed by atoms with Crippen molar-refractivity contribution in [3.8, 4) is 0 Å². The number of aromatic nitrogens is 2. The molecule has 2 fully saturated rings. The molecule has 0 bridgehead atoms. The van der Waals surface area contributed by atoms with Crippen LogP contribution < -0.4 is 4.90 Å². The monoisotopic (exact) mass is 461 g/mol. The molecule has 0 N–H and O–H groups in total. The van der Waals surface area contributed by atoms with Gasteiger partial charge in [-0.15, -0.1) is 0 Å². The van der Waals surface area contributed by atoms with Gasteiger partial charge in [-0.1, -0.05) is 30.3 Å². The van der Waals surface area contributed by atoms with E-state index in [0.29, 0.717) is 17.8 Å². The Morgan fingerprint density at radius 2 is 1.55 bits per heavy atom. The van der Waals surface area contributed by atoms with E-state index in [1.807, 2.05) is 0 Å². The Kier molecular flexibility index (Phi) is 7.54. The average molecular weight is 462 g/mol. The Hall–Kier alpha value is -2.19. The van der Waals surface area contributed by atoms with Crippen molar-refractivity contribution in [3.05, 3.63) is 54.1 Å². The summed E-state index contributed by atoms with van der Waals surface area (Å²) in [5.41, 5.74) is 2.04. The van der Waals surface area contributed by atoms with Gasteiger partial charge in [0.05, 0.1) is 18.1 Å². The minimum Gasteiger partial charge on any atom is -0.366 e. The molecule has 33 heavy (non-hydrogen) atoms. The molecule has 0 radical (unpaired) electrons. The van der Waals surface area contributed by atoms with E-state index in [2.05, 4.69) is 68.8 Å². The topological polar surface area (TPSA) is 35.5 Å². The van der Waals surface area contributed by atoms with Gasteiger partial charge in [0.15, 0.2) is 0 Å². The van der Waals surface area contributed by atoms with E-state index >= 15 is 0 Å². The number of piperidine rings is 1. The predicted molar refractivity (Wildman–Crippen MR) is 124 cm³/mol. The molecule has 4 rings (SSSR count). The van der Waals surface area contributed by atoms with E-state index in [1.165, 1.54) is 37.2 Å². The normalized spacial score (nSPS) is 23.7. The molecular weight excluding hydrogens is 427 g/mol. The summed E-state index contributed by atoms with van der Waals surface area (Å²) in [5, 5.41) is 0. The van der Waals surface area contributed by atoms with E-state index in [4.69, 9.17) is 0 Å². The van der Waals surface area contributed by atoms with Crippen molar-refractivity contribution in [2.45, 2.75) is 57.9 Å². The molecular formula is C25H34F3N5. The lowest BCUT2D eigenvalue weighted by molar-refractivity contribution is -0.145. The molecule has 180 valence electrons. The third kappa shape index (κ3) is 6.23. The zero-order chi connectivity index (χ0) is 23.4. The Bertz CT molecular complexity index is 854. The standard InChI is InChI=1S/C25H34F3N5/c1-19-16-32(23-14-29-24(30-15-23)25(26,27)28)17-20(2)33(19)13-10-21-8-11-31(12-9-21)18-22-6-4-3-5-7-22/h3-7,14-15,19-21H,8-13,16-18H2,1-2H3/t19-,20+. The summed E-state index contributed by atoms with van der Waals surface area (Å²) in [6.07, 6.45) is 1.80. The average Bonchev–Trinajstić information content (AvgIpc) is 2.80. The van der Waals surface area contributed by atoms with Crippen molar-refractivity contribution in [2.24, 2.45) is 5.92 Å². The lowest BCUT2D eigenvalue weighted by atomic mass is 9.92. The molecule has 0 spiro atoms. The van der Waals surface area contributed by atoms with Crippen molar-refractivity contribution in [2.75, 3.05) is 37.6 Å². The number of likely N-dealkylation sites (tertiary alicyclic amines) is 1. The molecule has 8 heteroatoms. The number of hydrogen-bond donors (Lipinski definition) is 0. The fourth-order valence-electron chi connectivity index (χ4n) is 5.25. The van der Waals surface area contributed by atoms with E-state index in [-0.39, 0.29) is 0 Å². The molecule has 0 amide bonds. The van der Waals surface area contributed by atoms with Crippen LogP contribution in [-0.4, -0.2) is 64.6 Å². The van der Waals surface area contributed by atoms with Crippen molar-refractivity contribution in [3.63, 3.8) is 0 Å². The molecule has 0 saturated carbocycles. The van der Waals surface area contributed by atoms with Gasteiger partial charge in [0, 0.05) is 31.7 Å². The smallest absolute Gasteiger partial charge is 0.366 e. The summed E-state index contributed by atoms with van der Waals surface area (Å²) in [5.74, 6) is -0.321. The first-order chi connectivity index (χ1) is 15.8. The van der Waals surface area contributed by atoms with Crippen LogP contribution in [0.5, 0.6) is 0 Å². The highest BCUT2D eigenvalue weighted by molar-refractivity contribution is 5.43. The number of anilines is 1. The van der Waals surface area contributed by atoms with Gasteiger partial charge in [-0.3, -0.25) is 9.80 Å². The lowest BCUT2D eigenvalue weighted by Crippen LogP contribution is -2.57. The summed E-state index contributed by atoms with van der Waals surface area (Å²) >= 11 is 0. The minimum absolute atomic E-state index is 0.328. The number of hydrogen-bond acceptors (Lipinski definition) is 5. The fourth-order valence-corrected chi connectivity index (χ4v) is 5.25. The maximum atomic E-state index is 12.7. The fraction of sp³-hybridized carbons (Fsp3) is 0.600. The Balaban J connectivity index is 1.23. The van der Waals surface area contributed by atoms with Gasteiger partial charge in [-0.2, -0.15) is 13.2 Å². The van der Waals surface area contributed by atoms with E-state index < -0.39 is 12.0 Å². The van der Waals surface area contributed by atoms with Crippen LogP contribution in [-0.2, 0) is 12.7 Å². The van der Waals surface area contributed by atoms with Crippen LogP contribution in [0.1, 0.15) is 44.5 Å². The van der Waals surface area contributed by atoms with Gasteiger partial charge in [0.25, 0.3) is 0 Å². The number of nitrogens with zero attached hydrogens (tertiary/aromatic N) is 5. The number of halogens is 3. The van der Waals surface area contributed by atoms with Crippen LogP contribution in [0.3, 0.4) is 0 Å². The molecule has 3 heterocycles. The second-order valence-electron chi connectivity index (χ2n) is 9.60. The first-order valence-electron chi connectivity index (χ1n) is 12.0. The van der Waals surface area contributed by atoms with Gasteiger partial charge in [-0.25, -0.2) is 9.97 Å². The van der Waals surface area contributed by atoms with Crippen LogP contribution in [0.2, 0.25) is 0 Å². The molecule has 2 aromatic rings. The molecule has 1 aromatic carbocycles. The van der Waals surface area contributed by atoms with Gasteiger partial charge < -0.3 is 4.90 Å². The molecule has 2 saturated heterocycles. The quantitative estimate of drug-likeness (QED) is 0.623. The summed E-state index contributed by atoms with van der Waals surface area (Å²) in [4.78, 5) is 14.3. The number of alkyl halides is 3. The highest BCUT2D eigenvalue weighted by Gasteiger charge is 2.35. The van der Waals surface area contributed by atoms with Gasteiger partial charge in [-0.05, 0) is 64.2 Å². The minimum atomic E-state index is -4.50. The number of rotatable bonds is 6. The Labute approximate surface area is 194 Å². The molecule has 0 unspecified atom stereocenters. The summed E-state index contributed by atoms with van der Waals surface area (Å²) < 4.78 is 38.2. The zero-order valence-electron chi connectivity index (χ0n) is 19.5. The van der Waals surface area contributed by atoms with Crippen LogP contribution in [0.25, 0.3) is 0 Å². The number of benzene rings is 1. The second kappa shape index (κ2) is 10.4. The Morgan fingerprint density at radius 3 is 2.12 bits per heavy atom. The van der Waals surface area contributed by atoms with Crippen molar-refractivity contribution in [1.82, 2.24) is 19.8 Å². The SMILES string of the molecule is C[C@@H]1CN(c2cnc(C(F)(F)F)nc2)C[C@H](C)N1CCC1CCN(Cc2ccccc2)CC1. The second-order valence-corrected chi connectivity index (χ2v) is 9.60. The molecule has 1 aromatic heterocycles. The predicted octanol–water partition coefficient (Wildman–Crippen LogP) is 4.70. The van der Waals surface area contributed by atoms with Gasteiger partial charge >= 0.3 is 6.18 Å². The lowest BCUT2D eigenvalue weighted by Gasteiger charge is -2.46. The highest BCUT2D eigenvalue weighted by Crippen LogP contribution is 2.28. The number of piperazine rings is 1. The van der Waals surface area contributed by atoms with E-state index in [1.54, 1.807) is 0 Å². The van der Waals surface area contributed by atoms with Gasteiger partial charge in [0.2, 0.25) is 5.82 Å². The highest BCUT2D eigenvalue weighted by atomic mass is 19.4. The molecule has 2 aliphatic rings. The molecule has 2 aliphatic heterocycles. The Morgan fingerprint density at radius 1 is 0.939 bits per heavy atom. The maximum absolute atomic E-state index is 12.7. The van der Waals surface area contributed by atoms with Crippen LogP contribution in [0.15, 0.2) is 42.7 Å². The van der Waals surface area contributed by atoms with E-state index in [9.17, 15) is 13.2 Å². The summed E-state index contributed by atoms with van der Waals surface area (Å²) in [6, 6.07) is 11.3.